The molecule has 32 heavy (non-hydrogen) atoms. The molecular formula is C25H31N5O2. The smallest absolute Gasteiger partial charge is 0.223 e. The fourth-order valence-corrected chi connectivity index (χ4v) is 4.35. The van der Waals surface area contributed by atoms with Crippen molar-refractivity contribution in [2.75, 3.05) is 6.54 Å². The van der Waals surface area contributed by atoms with Crippen molar-refractivity contribution in [2.45, 2.75) is 66.8 Å². The van der Waals surface area contributed by atoms with Crippen molar-refractivity contribution in [1.82, 2.24) is 24.5 Å². The average Bonchev–Trinajstić information content (AvgIpc) is 3.38. The van der Waals surface area contributed by atoms with E-state index in [1.807, 2.05) is 42.3 Å². The molecule has 4 heterocycles. The van der Waals surface area contributed by atoms with E-state index in [9.17, 15) is 4.79 Å². The Morgan fingerprint density at radius 3 is 2.72 bits per heavy atom. The Morgan fingerprint density at radius 1 is 1.19 bits per heavy atom. The van der Waals surface area contributed by atoms with Gasteiger partial charge in [0.15, 0.2) is 11.3 Å². The van der Waals surface area contributed by atoms with Crippen molar-refractivity contribution in [3.05, 3.63) is 58.4 Å². The number of amides is 1. The number of hydrogen-bond donors (Lipinski definition) is 0. The van der Waals surface area contributed by atoms with Crippen molar-refractivity contribution >= 4 is 22.6 Å². The largest absolute Gasteiger partial charge is 0.467 e. The van der Waals surface area contributed by atoms with Crippen LogP contribution in [-0.4, -0.2) is 36.9 Å². The van der Waals surface area contributed by atoms with Crippen LogP contribution in [0, 0.1) is 27.7 Å². The van der Waals surface area contributed by atoms with Crippen LogP contribution < -0.4 is 0 Å². The molecule has 0 fully saturated rings. The first-order valence-corrected chi connectivity index (χ1v) is 11.3. The van der Waals surface area contributed by atoms with Gasteiger partial charge in [0.1, 0.15) is 5.76 Å². The standard InChI is InChI=1S/C25H31N5O2/c1-6-7-12-29(15-20-9-8-13-32-20)22(31)11-10-21-18(4)27-25-23-16(2)14-17(3)26-24(23)28-30(25)19(21)5/h8-9,13-14H,6-7,10-12,15H2,1-5H3. The summed E-state index contributed by atoms with van der Waals surface area (Å²) in [5.41, 5.74) is 6.65. The summed E-state index contributed by atoms with van der Waals surface area (Å²) < 4.78 is 7.35. The highest BCUT2D eigenvalue weighted by Crippen LogP contribution is 2.25. The van der Waals surface area contributed by atoms with Gasteiger partial charge in [0.2, 0.25) is 5.91 Å². The van der Waals surface area contributed by atoms with Gasteiger partial charge in [-0.05, 0) is 69.9 Å². The van der Waals surface area contributed by atoms with Gasteiger partial charge in [0, 0.05) is 30.0 Å². The first-order valence-electron chi connectivity index (χ1n) is 11.3. The summed E-state index contributed by atoms with van der Waals surface area (Å²) in [4.78, 5) is 24.5. The second-order valence-electron chi connectivity index (χ2n) is 8.52. The molecule has 0 radical (unpaired) electrons. The number of furan rings is 1. The van der Waals surface area contributed by atoms with Gasteiger partial charge < -0.3 is 9.32 Å². The average molecular weight is 434 g/mol. The maximum Gasteiger partial charge on any atom is 0.223 e. The van der Waals surface area contributed by atoms with Crippen LogP contribution in [0.15, 0.2) is 28.9 Å². The molecule has 0 aliphatic carbocycles. The van der Waals surface area contributed by atoms with Gasteiger partial charge in [-0.25, -0.2) is 14.5 Å². The minimum absolute atomic E-state index is 0.132. The number of rotatable bonds is 8. The molecule has 0 spiro atoms. The number of fused-ring (bicyclic) bond motifs is 3. The molecule has 0 saturated heterocycles. The van der Waals surface area contributed by atoms with Gasteiger partial charge in [0.25, 0.3) is 0 Å². The number of nitrogens with zero attached hydrogens (tertiary/aromatic N) is 5. The van der Waals surface area contributed by atoms with Gasteiger partial charge in [-0.15, -0.1) is 5.10 Å². The normalized spacial score (nSPS) is 11.5. The maximum atomic E-state index is 13.1. The molecule has 0 aliphatic heterocycles. The maximum absolute atomic E-state index is 13.1. The molecule has 7 nitrogen and oxygen atoms in total. The van der Waals surface area contributed by atoms with Crippen LogP contribution in [0.5, 0.6) is 0 Å². The minimum atomic E-state index is 0.132. The van der Waals surface area contributed by atoms with Crippen LogP contribution >= 0.6 is 0 Å². The zero-order chi connectivity index (χ0) is 22.8. The predicted molar refractivity (Wildman–Crippen MR) is 125 cm³/mol. The molecule has 4 rings (SSSR count). The Balaban J connectivity index is 1.59. The van der Waals surface area contributed by atoms with Gasteiger partial charge in [-0.1, -0.05) is 13.3 Å². The lowest BCUT2D eigenvalue weighted by Crippen LogP contribution is -2.31. The lowest BCUT2D eigenvalue weighted by Gasteiger charge is -2.22. The Hall–Kier alpha value is -3.22. The van der Waals surface area contributed by atoms with Crippen molar-refractivity contribution in [3.63, 3.8) is 0 Å². The third-order valence-corrected chi connectivity index (χ3v) is 6.06. The lowest BCUT2D eigenvalue weighted by atomic mass is 10.1. The van der Waals surface area contributed by atoms with Crippen LogP contribution in [0.4, 0.5) is 0 Å². The van der Waals surface area contributed by atoms with Crippen molar-refractivity contribution < 1.29 is 9.21 Å². The highest BCUT2D eigenvalue weighted by atomic mass is 16.3. The van der Waals surface area contributed by atoms with Gasteiger partial charge in [-0.3, -0.25) is 4.79 Å². The van der Waals surface area contributed by atoms with Gasteiger partial charge >= 0.3 is 0 Å². The molecule has 0 aliphatic rings. The zero-order valence-electron chi connectivity index (χ0n) is 19.6. The Kier molecular flexibility index (Phi) is 6.26. The van der Waals surface area contributed by atoms with E-state index < -0.39 is 0 Å². The van der Waals surface area contributed by atoms with Crippen molar-refractivity contribution in [1.29, 1.82) is 0 Å². The highest BCUT2D eigenvalue weighted by molar-refractivity contribution is 5.93. The zero-order valence-corrected chi connectivity index (χ0v) is 19.6. The van der Waals surface area contributed by atoms with E-state index in [1.165, 1.54) is 0 Å². The van der Waals surface area contributed by atoms with E-state index in [4.69, 9.17) is 14.5 Å². The summed E-state index contributed by atoms with van der Waals surface area (Å²) in [5.74, 6) is 0.943. The number of carbonyl (C=O) groups excluding carboxylic acids is 1. The third kappa shape index (κ3) is 4.24. The molecule has 1 amide bonds. The van der Waals surface area contributed by atoms with Crippen LogP contribution in [0.1, 0.15) is 60.2 Å². The second-order valence-corrected chi connectivity index (χ2v) is 8.52. The molecular weight excluding hydrogens is 402 g/mol. The van der Waals surface area contributed by atoms with E-state index in [1.54, 1.807) is 6.26 Å². The van der Waals surface area contributed by atoms with Crippen molar-refractivity contribution in [2.24, 2.45) is 0 Å². The lowest BCUT2D eigenvalue weighted by molar-refractivity contribution is -0.132. The molecule has 7 heteroatoms. The summed E-state index contributed by atoms with van der Waals surface area (Å²) in [6, 6.07) is 5.84. The first-order chi connectivity index (χ1) is 15.4. The van der Waals surface area contributed by atoms with Gasteiger partial charge in [0.05, 0.1) is 18.2 Å². The molecule has 0 saturated carbocycles. The number of hydrogen-bond acceptors (Lipinski definition) is 5. The summed E-state index contributed by atoms with van der Waals surface area (Å²) >= 11 is 0. The minimum Gasteiger partial charge on any atom is -0.467 e. The molecule has 4 aromatic heterocycles. The Labute approximate surface area is 188 Å². The third-order valence-electron chi connectivity index (χ3n) is 6.06. The summed E-state index contributed by atoms with van der Waals surface area (Å²) in [6.45, 7) is 11.5. The fraction of sp³-hybridized carbons (Fsp3) is 0.440. The Bertz CT molecular complexity index is 1260. The van der Waals surface area contributed by atoms with E-state index in [-0.39, 0.29) is 5.91 Å². The summed E-state index contributed by atoms with van der Waals surface area (Å²) in [5, 5.41) is 5.72. The van der Waals surface area contributed by atoms with E-state index in [0.717, 1.165) is 70.0 Å². The number of carbonyl (C=O) groups is 1. The van der Waals surface area contributed by atoms with Gasteiger partial charge in [-0.2, -0.15) is 0 Å². The van der Waals surface area contributed by atoms with E-state index >= 15 is 0 Å². The number of aromatic nitrogens is 4. The predicted octanol–water partition coefficient (Wildman–Crippen LogP) is 4.87. The molecule has 0 N–H and O–H groups in total. The molecule has 0 aromatic carbocycles. The van der Waals surface area contributed by atoms with E-state index in [0.29, 0.717) is 19.4 Å². The van der Waals surface area contributed by atoms with Crippen LogP contribution in [0.3, 0.4) is 0 Å². The summed E-state index contributed by atoms with van der Waals surface area (Å²) in [6.07, 6.45) is 4.72. The van der Waals surface area contributed by atoms with Crippen LogP contribution in [0.2, 0.25) is 0 Å². The number of pyridine rings is 1. The molecule has 0 bridgehead atoms. The molecule has 0 atom stereocenters. The van der Waals surface area contributed by atoms with Crippen molar-refractivity contribution in [3.8, 4) is 0 Å². The topological polar surface area (TPSA) is 76.5 Å². The Morgan fingerprint density at radius 2 is 2.00 bits per heavy atom. The molecule has 168 valence electrons. The number of aryl methyl sites for hydroxylation is 4. The number of unbranched alkanes of at least 4 members (excludes halogenated alkanes) is 1. The highest BCUT2D eigenvalue weighted by Gasteiger charge is 2.19. The SMILES string of the molecule is CCCCN(Cc1ccco1)C(=O)CCc1c(C)nc2c3c(C)cc(C)nc3nn2c1C. The first kappa shape index (κ1) is 22.0. The molecule has 0 unspecified atom stereocenters. The van der Waals surface area contributed by atoms with E-state index in [2.05, 4.69) is 24.9 Å². The molecule has 4 aromatic rings. The fourth-order valence-electron chi connectivity index (χ4n) is 4.35. The van der Waals surface area contributed by atoms with Crippen LogP contribution in [-0.2, 0) is 17.8 Å². The monoisotopic (exact) mass is 433 g/mol. The quantitative estimate of drug-likeness (QED) is 0.396. The van der Waals surface area contributed by atoms with Crippen LogP contribution in [0.25, 0.3) is 16.7 Å². The summed E-state index contributed by atoms with van der Waals surface area (Å²) in [7, 11) is 0. The second kappa shape index (κ2) is 9.10.